The lowest BCUT2D eigenvalue weighted by Crippen LogP contribution is -2.32. The summed E-state index contributed by atoms with van der Waals surface area (Å²) in [4.78, 5) is 18.9. The highest BCUT2D eigenvalue weighted by Crippen LogP contribution is 2.24. The van der Waals surface area contributed by atoms with Gasteiger partial charge >= 0.3 is 0 Å². The SMILES string of the molecule is CCN(CC)Cc1ccc(-c2nc(CS(=O)(=O)CC(=O)NCCc3ccc(F)cc3)c(C)o2)cc1. The number of hydrogen-bond donors (Lipinski definition) is 1. The fourth-order valence-electron chi connectivity index (χ4n) is 3.65. The van der Waals surface area contributed by atoms with Crippen molar-refractivity contribution in [2.45, 2.75) is 39.5 Å². The van der Waals surface area contributed by atoms with Gasteiger partial charge in [0.05, 0.1) is 11.4 Å². The lowest BCUT2D eigenvalue weighted by atomic mass is 10.1. The molecule has 0 aliphatic heterocycles. The number of nitrogens with zero attached hydrogens (tertiary/aromatic N) is 2. The number of hydrogen-bond acceptors (Lipinski definition) is 6. The van der Waals surface area contributed by atoms with Crippen molar-refractivity contribution in [1.29, 1.82) is 0 Å². The highest BCUT2D eigenvalue weighted by molar-refractivity contribution is 7.91. The van der Waals surface area contributed by atoms with Crippen LogP contribution in [0.15, 0.2) is 52.9 Å². The van der Waals surface area contributed by atoms with Gasteiger partial charge in [0.2, 0.25) is 11.8 Å². The molecule has 1 N–H and O–H groups in total. The fraction of sp³-hybridized carbons (Fsp3) is 0.385. The molecule has 188 valence electrons. The van der Waals surface area contributed by atoms with E-state index in [1.807, 2.05) is 24.3 Å². The van der Waals surface area contributed by atoms with Crippen LogP contribution in [0.4, 0.5) is 4.39 Å². The Morgan fingerprint density at radius 3 is 2.29 bits per heavy atom. The zero-order chi connectivity index (χ0) is 25.4. The topological polar surface area (TPSA) is 92.5 Å². The maximum absolute atomic E-state index is 13.0. The zero-order valence-corrected chi connectivity index (χ0v) is 21.2. The number of rotatable bonds is 12. The molecule has 9 heteroatoms. The summed E-state index contributed by atoms with van der Waals surface area (Å²) < 4.78 is 43.9. The standard InChI is InChI=1S/C26H32FN3O4S/c1-4-30(5-2)16-21-6-10-22(11-7-21)26-29-24(19(3)34-26)17-35(32,33)18-25(31)28-15-14-20-8-12-23(27)13-9-20/h6-13H,4-5,14-18H2,1-3H3,(H,28,31). The summed E-state index contributed by atoms with van der Waals surface area (Å²) in [5.74, 6) is -1.18. The van der Waals surface area contributed by atoms with Gasteiger partial charge in [0.1, 0.15) is 17.3 Å². The Morgan fingerprint density at radius 2 is 1.66 bits per heavy atom. The van der Waals surface area contributed by atoms with Crippen molar-refractivity contribution in [3.63, 3.8) is 0 Å². The summed E-state index contributed by atoms with van der Waals surface area (Å²) in [7, 11) is -3.74. The molecule has 1 amide bonds. The number of aromatic nitrogens is 1. The molecule has 35 heavy (non-hydrogen) atoms. The van der Waals surface area contributed by atoms with Crippen molar-refractivity contribution >= 4 is 15.7 Å². The number of oxazole rings is 1. The van der Waals surface area contributed by atoms with E-state index in [9.17, 15) is 17.6 Å². The fourth-order valence-corrected chi connectivity index (χ4v) is 4.94. The lowest BCUT2D eigenvalue weighted by molar-refractivity contribution is -0.118. The highest BCUT2D eigenvalue weighted by atomic mass is 32.2. The maximum atomic E-state index is 13.0. The molecule has 7 nitrogen and oxygen atoms in total. The average molecular weight is 502 g/mol. The van der Waals surface area contributed by atoms with Crippen LogP contribution in [0, 0.1) is 12.7 Å². The molecule has 3 rings (SSSR count). The largest absolute Gasteiger partial charge is 0.441 e. The molecule has 1 heterocycles. The van der Waals surface area contributed by atoms with E-state index >= 15 is 0 Å². The molecular weight excluding hydrogens is 469 g/mol. The highest BCUT2D eigenvalue weighted by Gasteiger charge is 2.22. The Labute approximate surface area is 206 Å². The third-order valence-corrected chi connectivity index (χ3v) is 7.17. The molecular formula is C26H32FN3O4S. The number of nitrogens with one attached hydrogen (secondary N) is 1. The van der Waals surface area contributed by atoms with Crippen molar-refractivity contribution < 1.29 is 22.0 Å². The van der Waals surface area contributed by atoms with Crippen LogP contribution in [0.2, 0.25) is 0 Å². The van der Waals surface area contributed by atoms with Crippen molar-refractivity contribution in [3.05, 3.63) is 76.9 Å². The van der Waals surface area contributed by atoms with Gasteiger partial charge < -0.3 is 9.73 Å². The molecule has 0 spiro atoms. The minimum absolute atomic E-state index is 0.261. The van der Waals surface area contributed by atoms with Crippen LogP contribution >= 0.6 is 0 Å². The zero-order valence-electron chi connectivity index (χ0n) is 20.4. The van der Waals surface area contributed by atoms with E-state index in [2.05, 4.69) is 29.0 Å². The predicted octanol–water partition coefficient (Wildman–Crippen LogP) is 3.90. The van der Waals surface area contributed by atoms with Gasteiger partial charge in [0.25, 0.3) is 0 Å². The third kappa shape index (κ3) is 8.00. The van der Waals surface area contributed by atoms with Crippen LogP contribution in [0.3, 0.4) is 0 Å². The Morgan fingerprint density at radius 1 is 1.03 bits per heavy atom. The first-order valence-electron chi connectivity index (χ1n) is 11.7. The van der Waals surface area contributed by atoms with E-state index < -0.39 is 21.5 Å². The number of carbonyl (C=O) groups is 1. The summed E-state index contributed by atoms with van der Waals surface area (Å²) in [6.07, 6.45) is 0.478. The second-order valence-corrected chi connectivity index (χ2v) is 10.5. The van der Waals surface area contributed by atoms with Crippen LogP contribution in [-0.2, 0) is 33.4 Å². The Kier molecular flexibility index (Phi) is 9.17. The van der Waals surface area contributed by atoms with Gasteiger partial charge in [-0.15, -0.1) is 0 Å². The van der Waals surface area contributed by atoms with Gasteiger partial charge in [-0.2, -0.15) is 0 Å². The second-order valence-electron chi connectivity index (χ2n) is 8.44. The first-order chi connectivity index (χ1) is 16.7. The van der Waals surface area contributed by atoms with Gasteiger partial charge in [-0.25, -0.2) is 17.8 Å². The minimum atomic E-state index is -3.74. The molecule has 1 aromatic heterocycles. The number of aryl methyl sites for hydroxylation is 1. The molecule has 0 aliphatic carbocycles. The van der Waals surface area contributed by atoms with Crippen molar-refractivity contribution in [2.75, 3.05) is 25.4 Å². The van der Waals surface area contributed by atoms with Crippen molar-refractivity contribution in [3.8, 4) is 11.5 Å². The Balaban J connectivity index is 1.56. The molecule has 2 aromatic carbocycles. The maximum Gasteiger partial charge on any atom is 0.235 e. The van der Waals surface area contributed by atoms with Crippen LogP contribution < -0.4 is 5.32 Å². The van der Waals surface area contributed by atoms with Crippen LogP contribution in [-0.4, -0.2) is 49.6 Å². The average Bonchev–Trinajstić information content (AvgIpc) is 3.18. The van der Waals surface area contributed by atoms with E-state index in [4.69, 9.17) is 4.42 Å². The van der Waals surface area contributed by atoms with Crippen LogP contribution in [0.25, 0.3) is 11.5 Å². The second kappa shape index (κ2) is 12.1. The predicted molar refractivity (Wildman–Crippen MR) is 134 cm³/mol. The smallest absolute Gasteiger partial charge is 0.235 e. The molecule has 3 aromatic rings. The van der Waals surface area contributed by atoms with E-state index in [0.717, 1.165) is 30.8 Å². The molecule has 0 radical (unpaired) electrons. The summed E-state index contributed by atoms with van der Waals surface area (Å²) in [6.45, 7) is 8.98. The monoisotopic (exact) mass is 501 g/mol. The molecule has 0 unspecified atom stereocenters. The Hall–Kier alpha value is -3.04. The van der Waals surface area contributed by atoms with E-state index in [1.54, 1.807) is 19.1 Å². The first-order valence-corrected chi connectivity index (χ1v) is 13.5. The number of amides is 1. The third-order valence-electron chi connectivity index (χ3n) is 5.75. The van der Waals surface area contributed by atoms with Crippen molar-refractivity contribution in [2.24, 2.45) is 0 Å². The number of halogens is 1. The summed E-state index contributed by atoms with van der Waals surface area (Å²) >= 11 is 0. The molecule has 0 atom stereocenters. The van der Waals surface area contributed by atoms with Crippen molar-refractivity contribution in [1.82, 2.24) is 15.2 Å². The van der Waals surface area contributed by atoms with Crippen LogP contribution in [0.5, 0.6) is 0 Å². The van der Waals surface area contributed by atoms with Gasteiger partial charge in [0, 0.05) is 18.7 Å². The summed E-state index contributed by atoms with van der Waals surface area (Å²) in [6, 6.07) is 13.8. The van der Waals surface area contributed by atoms with Gasteiger partial charge in [-0.3, -0.25) is 9.69 Å². The summed E-state index contributed by atoms with van der Waals surface area (Å²) in [5, 5.41) is 2.60. The first kappa shape index (κ1) is 26.6. The quantitative estimate of drug-likeness (QED) is 0.405. The Bertz CT molecular complexity index is 1220. The number of benzene rings is 2. The van der Waals surface area contributed by atoms with Crippen LogP contribution in [0.1, 0.15) is 36.4 Å². The minimum Gasteiger partial charge on any atom is -0.441 e. The van der Waals surface area contributed by atoms with Gasteiger partial charge in [0.15, 0.2) is 9.84 Å². The van der Waals surface area contributed by atoms with E-state index in [0.29, 0.717) is 23.8 Å². The molecule has 0 fully saturated rings. The molecule has 0 saturated carbocycles. The van der Waals surface area contributed by atoms with E-state index in [-0.39, 0.29) is 18.1 Å². The van der Waals surface area contributed by atoms with Gasteiger partial charge in [-0.05, 0) is 61.8 Å². The van der Waals surface area contributed by atoms with E-state index in [1.165, 1.54) is 17.7 Å². The molecule has 0 saturated heterocycles. The number of carbonyl (C=O) groups excluding carboxylic acids is 1. The number of sulfone groups is 1. The molecule has 0 bridgehead atoms. The van der Waals surface area contributed by atoms with Gasteiger partial charge in [-0.1, -0.05) is 38.1 Å². The molecule has 0 aliphatic rings. The summed E-state index contributed by atoms with van der Waals surface area (Å²) in [5.41, 5.74) is 3.08. The lowest BCUT2D eigenvalue weighted by Gasteiger charge is -2.17. The normalized spacial score (nSPS) is 11.7.